The largest absolute Gasteiger partial charge is 0.348 e. The zero-order valence-corrected chi connectivity index (χ0v) is 11.6. The normalized spacial score (nSPS) is 10.3. The molecule has 20 heavy (non-hydrogen) atoms. The van der Waals surface area contributed by atoms with Gasteiger partial charge in [-0.3, -0.25) is 20.3 Å². The average molecular weight is 274 g/mol. The average Bonchev–Trinajstić information content (AvgIpc) is 2.84. The lowest BCUT2D eigenvalue weighted by Gasteiger charge is -2.08. The number of nitrogens with zero attached hydrogens (tertiary/aromatic N) is 3. The molecule has 0 aromatic carbocycles. The number of carbonyl (C=O) groups excluding carboxylic acids is 1. The van der Waals surface area contributed by atoms with Gasteiger partial charge >= 0.3 is 0 Å². The Morgan fingerprint density at radius 2 is 2.30 bits per heavy atom. The molecule has 0 fully saturated rings. The summed E-state index contributed by atoms with van der Waals surface area (Å²) < 4.78 is 1.75. The number of nitrogens with one attached hydrogen (secondary N) is 2. The number of hydrazine groups is 1. The molecule has 0 unspecified atom stereocenters. The molecule has 0 saturated heterocycles. The van der Waals surface area contributed by atoms with Crippen molar-refractivity contribution in [3.63, 3.8) is 0 Å². The third-order valence-electron chi connectivity index (χ3n) is 2.99. The van der Waals surface area contributed by atoms with Crippen molar-refractivity contribution in [1.29, 1.82) is 0 Å². The van der Waals surface area contributed by atoms with Crippen LogP contribution in [0.5, 0.6) is 0 Å². The number of anilines is 1. The van der Waals surface area contributed by atoms with E-state index in [1.165, 1.54) is 6.20 Å². The van der Waals surface area contributed by atoms with Crippen LogP contribution >= 0.6 is 0 Å². The lowest BCUT2D eigenvalue weighted by atomic mass is 10.2. The zero-order chi connectivity index (χ0) is 14.5. The van der Waals surface area contributed by atoms with Gasteiger partial charge in [0.2, 0.25) is 0 Å². The first-order valence-electron chi connectivity index (χ1n) is 6.36. The monoisotopic (exact) mass is 274 g/mol. The molecule has 0 atom stereocenters. The summed E-state index contributed by atoms with van der Waals surface area (Å²) in [4.78, 5) is 16.1. The molecule has 2 rings (SSSR count). The SMILES string of the molecule is CCc1nn(C)cc1CNC(=O)c1ccncc1NN. The lowest BCUT2D eigenvalue weighted by molar-refractivity contribution is 0.0951. The summed E-state index contributed by atoms with van der Waals surface area (Å²) in [7, 11) is 1.86. The molecule has 2 aromatic rings. The van der Waals surface area contributed by atoms with Gasteiger partial charge in [0.15, 0.2) is 0 Å². The summed E-state index contributed by atoms with van der Waals surface area (Å²) in [6.07, 6.45) is 5.80. The molecular formula is C13H18N6O. The van der Waals surface area contributed by atoms with Crippen molar-refractivity contribution in [2.45, 2.75) is 19.9 Å². The molecule has 0 aliphatic carbocycles. The minimum absolute atomic E-state index is 0.203. The number of nitrogens with two attached hydrogens (primary N) is 1. The van der Waals surface area contributed by atoms with Crippen LogP contribution in [0.25, 0.3) is 0 Å². The molecule has 0 aliphatic rings. The summed E-state index contributed by atoms with van der Waals surface area (Å²) in [5.74, 6) is 5.16. The molecule has 1 amide bonds. The Morgan fingerprint density at radius 1 is 1.50 bits per heavy atom. The Kier molecular flexibility index (Phi) is 4.31. The van der Waals surface area contributed by atoms with Crippen molar-refractivity contribution >= 4 is 11.6 Å². The van der Waals surface area contributed by atoms with Gasteiger partial charge in [0.1, 0.15) is 0 Å². The second kappa shape index (κ2) is 6.16. The van der Waals surface area contributed by atoms with Crippen molar-refractivity contribution in [3.8, 4) is 0 Å². The Morgan fingerprint density at radius 3 is 3.00 bits per heavy atom. The smallest absolute Gasteiger partial charge is 0.253 e. The predicted molar refractivity (Wildman–Crippen MR) is 75.8 cm³/mol. The number of hydrogen-bond donors (Lipinski definition) is 3. The van der Waals surface area contributed by atoms with Crippen LogP contribution < -0.4 is 16.6 Å². The molecule has 2 aromatic heterocycles. The molecule has 7 heteroatoms. The van der Waals surface area contributed by atoms with Gasteiger partial charge in [0.05, 0.1) is 23.1 Å². The maximum atomic E-state index is 12.1. The quantitative estimate of drug-likeness (QED) is 0.547. The first kappa shape index (κ1) is 14.0. The van der Waals surface area contributed by atoms with Crippen LogP contribution in [-0.2, 0) is 20.0 Å². The van der Waals surface area contributed by atoms with Crippen molar-refractivity contribution in [1.82, 2.24) is 20.1 Å². The van der Waals surface area contributed by atoms with Crippen molar-refractivity contribution < 1.29 is 4.79 Å². The highest BCUT2D eigenvalue weighted by molar-refractivity contribution is 5.99. The Balaban J connectivity index is 2.08. The highest BCUT2D eigenvalue weighted by atomic mass is 16.1. The maximum absolute atomic E-state index is 12.1. The number of aromatic nitrogens is 3. The highest BCUT2D eigenvalue weighted by Gasteiger charge is 2.12. The van der Waals surface area contributed by atoms with E-state index in [1.807, 2.05) is 20.2 Å². The van der Waals surface area contributed by atoms with Gasteiger partial charge in [-0.1, -0.05) is 6.92 Å². The third kappa shape index (κ3) is 2.94. The van der Waals surface area contributed by atoms with Crippen molar-refractivity contribution in [2.75, 3.05) is 5.43 Å². The van der Waals surface area contributed by atoms with E-state index in [1.54, 1.807) is 16.9 Å². The molecular weight excluding hydrogens is 256 g/mol. The summed E-state index contributed by atoms with van der Waals surface area (Å²) >= 11 is 0. The van der Waals surface area contributed by atoms with E-state index in [-0.39, 0.29) is 5.91 Å². The van der Waals surface area contributed by atoms with Gasteiger partial charge in [0.25, 0.3) is 5.91 Å². The van der Waals surface area contributed by atoms with Crippen LogP contribution in [0.4, 0.5) is 5.69 Å². The fourth-order valence-corrected chi connectivity index (χ4v) is 2.01. The van der Waals surface area contributed by atoms with E-state index in [0.29, 0.717) is 17.8 Å². The molecule has 0 aliphatic heterocycles. The van der Waals surface area contributed by atoms with Crippen LogP contribution in [0.2, 0.25) is 0 Å². The molecule has 106 valence electrons. The summed E-state index contributed by atoms with van der Waals surface area (Å²) in [5, 5.41) is 7.20. The first-order valence-corrected chi connectivity index (χ1v) is 6.36. The van der Waals surface area contributed by atoms with Gasteiger partial charge < -0.3 is 10.7 Å². The van der Waals surface area contributed by atoms with Crippen LogP contribution in [0.1, 0.15) is 28.5 Å². The molecule has 7 nitrogen and oxygen atoms in total. The topological polar surface area (TPSA) is 97.9 Å². The Bertz CT molecular complexity index is 607. The zero-order valence-electron chi connectivity index (χ0n) is 11.6. The van der Waals surface area contributed by atoms with Gasteiger partial charge in [-0.15, -0.1) is 0 Å². The first-order chi connectivity index (χ1) is 9.65. The number of carbonyl (C=O) groups is 1. The number of amides is 1. The molecule has 0 spiro atoms. The maximum Gasteiger partial charge on any atom is 0.253 e. The van der Waals surface area contributed by atoms with Crippen LogP contribution in [0, 0.1) is 0 Å². The van der Waals surface area contributed by atoms with E-state index in [9.17, 15) is 4.79 Å². The highest BCUT2D eigenvalue weighted by Crippen LogP contribution is 2.12. The van der Waals surface area contributed by atoms with Crippen LogP contribution in [0.15, 0.2) is 24.7 Å². The van der Waals surface area contributed by atoms with Gasteiger partial charge in [0, 0.05) is 31.5 Å². The second-order valence-corrected chi connectivity index (χ2v) is 4.38. The fourth-order valence-electron chi connectivity index (χ4n) is 2.01. The summed E-state index contributed by atoms with van der Waals surface area (Å²) in [5.41, 5.74) is 5.42. The van der Waals surface area contributed by atoms with Gasteiger partial charge in [-0.2, -0.15) is 5.10 Å². The number of hydrogen-bond acceptors (Lipinski definition) is 5. The van der Waals surface area contributed by atoms with Crippen molar-refractivity contribution in [3.05, 3.63) is 41.5 Å². The van der Waals surface area contributed by atoms with Gasteiger partial charge in [-0.05, 0) is 12.5 Å². The molecule has 4 N–H and O–H groups in total. The number of pyridine rings is 1. The predicted octanol–water partition coefficient (Wildman–Crippen LogP) is 0.593. The summed E-state index contributed by atoms with van der Waals surface area (Å²) in [6.45, 7) is 2.47. The van der Waals surface area contributed by atoms with E-state index in [0.717, 1.165) is 17.7 Å². The van der Waals surface area contributed by atoms with Crippen LogP contribution in [0.3, 0.4) is 0 Å². The van der Waals surface area contributed by atoms with E-state index in [2.05, 4.69) is 20.8 Å². The minimum Gasteiger partial charge on any atom is -0.348 e. The third-order valence-corrected chi connectivity index (χ3v) is 2.99. The van der Waals surface area contributed by atoms with Crippen LogP contribution in [-0.4, -0.2) is 20.7 Å². The number of rotatable bonds is 5. The van der Waals surface area contributed by atoms with E-state index < -0.39 is 0 Å². The lowest BCUT2D eigenvalue weighted by Crippen LogP contribution is -2.25. The van der Waals surface area contributed by atoms with E-state index in [4.69, 9.17) is 5.84 Å². The fraction of sp³-hybridized carbons (Fsp3) is 0.308. The summed E-state index contributed by atoms with van der Waals surface area (Å²) in [6, 6.07) is 1.62. The molecule has 0 saturated carbocycles. The molecule has 0 bridgehead atoms. The Hall–Kier alpha value is -2.41. The Labute approximate surface area is 117 Å². The standard InChI is InChI=1S/C13H18N6O/c1-3-11-9(8-19(2)18-11)6-16-13(20)10-4-5-15-7-12(10)17-14/h4-5,7-8,17H,3,6,14H2,1-2H3,(H,16,20). The van der Waals surface area contributed by atoms with E-state index >= 15 is 0 Å². The number of aryl methyl sites for hydroxylation is 2. The molecule has 0 radical (unpaired) electrons. The minimum atomic E-state index is -0.203. The van der Waals surface area contributed by atoms with Crippen molar-refractivity contribution in [2.24, 2.45) is 12.9 Å². The van der Waals surface area contributed by atoms with Gasteiger partial charge in [-0.25, -0.2) is 0 Å². The molecule has 2 heterocycles. The number of nitrogen functional groups attached to an aromatic ring is 1. The second-order valence-electron chi connectivity index (χ2n) is 4.38.